The molecular weight excluding hydrogens is 312 g/mol. The average Bonchev–Trinajstić information content (AvgIpc) is 2.75. The van der Waals surface area contributed by atoms with Crippen LogP contribution in [0, 0.1) is 15.5 Å². The van der Waals surface area contributed by atoms with Crippen molar-refractivity contribution in [1.29, 1.82) is 0 Å². The predicted octanol–water partition coefficient (Wildman–Crippen LogP) is 2.87. The first kappa shape index (κ1) is 17.5. The molecule has 8 heteroatoms. The van der Waals surface area contributed by atoms with Crippen molar-refractivity contribution in [2.45, 2.75) is 27.2 Å². The summed E-state index contributed by atoms with van der Waals surface area (Å²) in [5, 5.41) is 27.4. The molecule has 2 N–H and O–H groups in total. The van der Waals surface area contributed by atoms with Crippen LogP contribution < -0.4 is 5.32 Å². The van der Waals surface area contributed by atoms with Crippen molar-refractivity contribution in [2.24, 2.45) is 12.5 Å². The number of aromatic hydroxyl groups is 1. The highest BCUT2D eigenvalue weighted by atomic mass is 16.6. The summed E-state index contributed by atoms with van der Waals surface area (Å²) >= 11 is 0. The smallest absolute Gasteiger partial charge is 0.310 e. The molecule has 0 saturated carbocycles. The fourth-order valence-corrected chi connectivity index (χ4v) is 2.28. The number of aryl methyl sites for hydroxylation is 1. The first-order chi connectivity index (χ1) is 11.1. The largest absolute Gasteiger partial charge is 0.502 e. The van der Waals surface area contributed by atoms with E-state index in [9.17, 15) is 20.0 Å². The van der Waals surface area contributed by atoms with Crippen LogP contribution in [0.4, 0.5) is 11.5 Å². The van der Waals surface area contributed by atoms with E-state index < -0.39 is 22.3 Å². The van der Waals surface area contributed by atoms with Gasteiger partial charge in [0.15, 0.2) is 5.75 Å². The highest BCUT2D eigenvalue weighted by molar-refractivity contribution is 6.04. The molecule has 0 radical (unpaired) electrons. The minimum Gasteiger partial charge on any atom is -0.502 e. The molecule has 1 heterocycles. The van der Waals surface area contributed by atoms with Gasteiger partial charge in [0.2, 0.25) is 0 Å². The highest BCUT2D eigenvalue weighted by Gasteiger charge is 2.18. The number of phenols is 1. The summed E-state index contributed by atoms with van der Waals surface area (Å²) in [6, 6.07) is 5.24. The van der Waals surface area contributed by atoms with Gasteiger partial charge in [-0.1, -0.05) is 20.8 Å². The van der Waals surface area contributed by atoms with Gasteiger partial charge in [-0.15, -0.1) is 0 Å². The standard InChI is InChI=1S/C16H20N4O4/c1-16(2,3)9-11-8-14(19(4)18-11)17-15(22)10-5-6-12(20(23)24)13(21)7-10/h5-8,21H,9H2,1-4H3,(H,17,22). The molecule has 1 amide bonds. The summed E-state index contributed by atoms with van der Waals surface area (Å²) in [4.78, 5) is 22.2. The lowest BCUT2D eigenvalue weighted by molar-refractivity contribution is -0.385. The van der Waals surface area contributed by atoms with E-state index in [1.807, 2.05) is 0 Å². The topological polar surface area (TPSA) is 110 Å². The molecule has 2 aromatic rings. The van der Waals surface area contributed by atoms with Crippen molar-refractivity contribution < 1.29 is 14.8 Å². The Kier molecular flexibility index (Phi) is 4.59. The normalized spacial score (nSPS) is 11.3. The van der Waals surface area contributed by atoms with Gasteiger partial charge in [0.05, 0.1) is 10.6 Å². The second-order valence-corrected chi connectivity index (χ2v) is 6.80. The zero-order valence-electron chi connectivity index (χ0n) is 14.0. The SMILES string of the molecule is Cn1nc(CC(C)(C)C)cc1NC(=O)c1ccc([N+](=O)[O-])c(O)c1. The van der Waals surface area contributed by atoms with Crippen LogP contribution in [0.3, 0.4) is 0 Å². The molecule has 0 atom stereocenters. The van der Waals surface area contributed by atoms with Crippen LogP contribution >= 0.6 is 0 Å². The van der Waals surface area contributed by atoms with Crippen molar-refractivity contribution in [1.82, 2.24) is 9.78 Å². The van der Waals surface area contributed by atoms with Gasteiger partial charge >= 0.3 is 5.69 Å². The number of rotatable bonds is 4. The van der Waals surface area contributed by atoms with Gasteiger partial charge in [0.1, 0.15) is 5.82 Å². The van der Waals surface area contributed by atoms with Crippen molar-refractivity contribution in [3.63, 3.8) is 0 Å². The van der Waals surface area contributed by atoms with Crippen molar-refractivity contribution >= 4 is 17.4 Å². The van der Waals surface area contributed by atoms with Crippen molar-refractivity contribution in [2.75, 3.05) is 5.32 Å². The fourth-order valence-electron chi connectivity index (χ4n) is 2.28. The monoisotopic (exact) mass is 332 g/mol. The molecule has 0 saturated heterocycles. The Hall–Kier alpha value is -2.90. The van der Waals surface area contributed by atoms with Gasteiger partial charge in [-0.3, -0.25) is 19.6 Å². The maximum absolute atomic E-state index is 12.3. The Balaban J connectivity index is 2.18. The molecule has 0 bridgehead atoms. The third-order valence-electron chi connectivity index (χ3n) is 3.32. The van der Waals surface area contributed by atoms with Gasteiger partial charge in [0, 0.05) is 24.7 Å². The zero-order valence-corrected chi connectivity index (χ0v) is 14.0. The highest BCUT2D eigenvalue weighted by Crippen LogP contribution is 2.27. The number of aromatic nitrogens is 2. The summed E-state index contributed by atoms with van der Waals surface area (Å²) in [6.07, 6.45) is 0.759. The Morgan fingerprint density at radius 3 is 2.58 bits per heavy atom. The number of nitrogens with one attached hydrogen (secondary N) is 1. The zero-order chi connectivity index (χ0) is 18.1. The van der Waals surface area contributed by atoms with E-state index >= 15 is 0 Å². The van der Waals surface area contributed by atoms with Gasteiger partial charge in [0.25, 0.3) is 5.91 Å². The number of anilines is 1. The van der Waals surface area contributed by atoms with Crippen LogP contribution in [0.15, 0.2) is 24.3 Å². The lowest BCUT2D eigenvalue weighted by atomic mass is 9.91. The Labute approximate surface area is 139 Å². The van der Waals surface area contributed by atoms with E-state index in [-0.39, 0.29) is 11.0 Å². The molecule has 1 aromatic heterocycles. The summed E-state index contributed by atoms with van der Waals surface area (Å²) in [5.41, 5.74) is 0.600. The first-order valence-corrected chi connectivity index (χ1v) is 7.38. The maximum atomic E-state index is 12.3. The number of carbonyl (C=O) groups excluding carboxylic acids is 1. The van der Waals surface area contributed by atoms with Crippen molar-refractivity contribution in [3.8, 4) is 5.75 Å². The molecule has 24 heavy (non-hydrogen) atoms. The molecule has 0 aliphatic carbocycles. The molecule has 0 spiro atoms. The number of benzene rings is 1. The second kappa shape index (κ2) is 6.31. The van der Waals surface area contributed by atoms with Crippen molar-refractivity contribution in [3.05, 3.63) is 45.6 Å². The van der Waals surface area contributed by atoms with Crippen LogP contribution in [0.25, 0.3) is 0 Å². The molecule has 2 rings (SSSR count). The molecule has 0 aliphatic heterocycles. The lowest BCUT2D eigenvalue weighted by Gasteiger charge is -2.15. The summed E-state index contributed by atoms with van der Waals surface area (Å²) < 4.78 is 1.56. The number of amides is 1. The summed E-state index contributed by atoms with van der Waals surface area (Å²) in [7, 11) is 1.72. The van der Waals surface area contributed by atoms with E-state index in [4.69, 9.17) is 0 Å². The molecule has 1 aromatic carbocycles. The Morgan fingerprint density at radius 2 is 2.04 bits per heavy atom. The van der Waals surface area contributed by atoms with Crippen LogP contribution in [0.2, 0.25) is 0 Å². The van der Waals surface area contributed by atoms with Gasteiger partial charge in [-0.05, 0) is 24.0 Å². The van der Waals surface area contributed by atoms with E-state index in [0.717, 1.165) is 24.2 Å². The number of nitro benzene ring substituents is 1. The number of hydrogen-bond acceptors (Lipinski definition) is 5. The first-order valence-electron chi connectivity index (χ1n) is 7.38. The van der Waals surface area contributed by atoms with Crippen LogP contribution in [0.1, 0.15) is 36.8 Å². The number of nitrogens with zero attached hydrogens (tertiary/aromatic N) is 3. The van der Waals surface area contributed by atoms with Gasteiger partial charge in [-0.2, -0.15) is 5.10 Å². The molecule has 0 fully saturated rings. The van der Waals surface area contributed by atoms with Gasteiger partial charge < -0.3 is 10.4 Å². The van der Waals surface area contributed by atoms with Crippen LogP contribution in [-0.2, 0) is 13.5 Å². The third kappa shape index (κ3) is 4.09. The minimum atomic E-state index is -0.711. The number of nitro groups is 1. The van der Waals surface area contributed by atoms with Gasteiger partial charge in [-0.25, -0.2) is 0 Å². The van der Waals surface area contributed by atoms with Crippen LogP contribution in [-0.4, -0.2) is 25.7 Å². The molecule has 0 unspecified atom stereocenters. The molecule has 0 aliphatic rings. The van der Waals surface area contributed by atoms with Crippen LogP contribution in [0.5, 0.6) is 5.75 Å². The number of phenolic OH excluding ortho intramolecular Hbond substituents is 1. The molecule has 128 valence electrons. The summed E-state index contributed by atoms with van der Waals surface area (Å²) in [6.45, 7) is 6.29. The second-order valence-electron chi connectivity index (χ2n) is 6.80. The summed E-state index contributed by atoms with van der Waals surface area (Å²) in [5.74, 6) is -0.520. The lowest BCUT2D eigenvalue weighted by Crippen LogP contribution is -2.14. The quantitative estimate of drug-likeness (QED) is 0.660. The maximum Gasteiger partial charge on any atom is 0.310 e. The molecular formula is C16H20N4O4. The number of carbonyl (C=O) groups is 1. The number of hydrogen-bond donors (Lipinski definition) is 2. The molecule has 8 nitrogen and oxygen atoms in total. The van der Waals surface area contributed by atoms with E-state index in [2.05, 4.69) is 31.2 Å². The Morgan fingerprint density at radius 1 is 1.38 bits per heavy atom. The average molecular weight is 332 g/mol. The fraction of sp³-hybridized carbons (Fsp3) is 0.375. The van der Waals surface area contributed by atoms with E-state index in [1.54, 1.807) is 17.8 Å². The Bertz CT molecular complexity index is 790. The third-order valence-corrected chi connectivity index (χ3v) is 3.32. The predicted molar refractivity (Wildman–Crippen MR) is 89.1 cm³/mol. The van der Waals surface area contributed by atoms with E-state index in [1.165, 1.54) is 6.07 Å². The van der Waals surface area contributed by atoms with E-state index in [0.29, 0.717) is 5.82 Å². The minimum absolute atomic E-state index is 0.0692.